The van der Waals surface area contributed by atoms with E-state index in [1.165, 1.54) is 6.20 Å². The van der Waals surface area contributed by atoms with Gasteiger partial charge in [0.1, 0.15) is 23.3 Å². The quantitative estimate of drug-likeness (QED) is 0.662. The van der Waals surface area contributed by atoms with Crippen LogP contribution in [0.3, 0.4) is 0 Å². The number of rotatable bonds is 6. The molecule has 0 saturated heterocycles. The highest BCUT2D eigenvalue weighted by atomic mass is 16.1. The minimum atomic E-state index is -0.150. The van der Waals surface area contributed by atoms with Crippen LogP contribution in [0, 0.1) is 13.8 Å². The molecule has 0 atom stereocenters. The molecule has 3 aromatic rings. The minimum absolute atomic E-state index is 0.150. The van der Waals surface area contributed by atoms with E-state index in [1.54, 1.807) is 24.5 Å². The molecule has 0 aliphatic carbocycles. The van der Waals surface area contributed by atoms with Crippen LogP contribution in [0.1, 0.15) is 22.0 Å². The highest BCUT2D eigenvalue weighted by molar-refractivity contribution is 5.93. The Morgan fingerprint density at radius 2 is 2.08 bits per heavy atom. The van der Waals surface area contributed by atoms with Crippen molar-refractivity contribution in [1.82, 2.24) is 29.8 Å². The zero-order valence-electron chi connectivity index (χ0n) is 14.1. The van der Waals surface area contributed by atoms with E-state index in [1.807, 2.05) is 30.7 Å². The summed E-state index contributed by atoms with van der Waals surface area (Å²) >= 11 is 0. The van der Waals surface area contributed by atoms with Crippen LogP contribution in [0.25, 0.3) is 5.82 Å². The van der Waals surface area contributed by atoms with E-state index >= 15 is 0 Å². The number of amides is 1. The van der Waals surface area contributed by atoms with Gasteiger partial charge in [0.05, 0.1) is 5.56 Å². The van der Waals surface area contributed by atoms with Crippen LogP contribution in [0.2, 0.25) is 0 Å². The fraction of sp³-hybridized carbons (Fsp3) is 0.235. The smallest absolute Gasteiger partial charge is 0.252 e. The first kappa shape index (κ1) is 16.6. The highest BCUT2D eigenvalue weighted by Crippen LogP contribution is 2.12. The Bertz CT molecular complexity index is 860. The molecule has 0 bridgehead atoms. The van der Waals surface area contributed by atoms with Gasteiger partial charge in [0.15, 0.2) is 0 Å². The number of anilines is 1. The van der Waals surface area contributed by atoms with Crippen LogP contribution in [-0.2, 0) is 0 Å². The van der Waals surface area contributed by atoms with E-state index in [0.29, 0.717) is 30.3 Å². The van der Waals surface area contributed by atoms with E-state index in [-0.39, 0.29) is 5.91 Å². The van der Waals surface area contributed by atoms with Crippen molar-refractivity contribution in [2.45, 2.75) is 13.8 Å². The van der Waals surface area contributed by atoms with Gasteiger partial charge < -0.3 is 10.6 Å². The molecule has 0 aromatic carbocycles. The Morgan fingerprint density at radius 1 is 1.20 bits per heavy atom. The second kappa shape index (κ2) is 7.52. The van der Waals surface area contributed by atoms with Crippen molar-refractivity contribution in [3.63, 3.8) is 0 Å². The standard InChI is InChI=1S/C17H19N7O/c1-12-22-15(10-16(23-12)24-9-8-19-13(24)2)20-6-7-21-17(25)14-4-3-5-18-11-14/h3-5,8-11H,6-7H2,1-2H3,(H,21,25)(H,20,22,23). The molecule has 0 aliphatic heterocycles. The molecular formula is C17H19N7O. The molecule has 1 amide bonds. The van der Waals surface area contributed by atoms with Crippen LogP contribution < -0.4 is 10.6 Å². The fourth-order valence-corrected chi connectivity index (χ4v) is 2.35. The van der Waals surface area contributed by atoms with E-state index < -0.39 is 0 Å². The Hall–Kier alpha value is -3.29. The Kier molecular flexibility index (Phi) is 4.98. The summed E-state index contributed by atoms with van der Waals surface area (Å²) in [7, 11) is 0. The molecule has 8 heteroatoms. The van der Waals surface area contributed by atoms with Crippen molar-refractivity contribution in [2.75, 3.05) is 18.4 Å². The summed E-state index contributed by atoms with van der Waals surface area (Å²) in [6.07, 6.45) is 6.76. The van der Waals surface area contributed by atoms with Gasteiger partial charge in [0.25, 0.3) is 5.91 Å². The van der Waals surface area contributed by atoms with Crippen LogP contribution in [0.4, 0.5) is 5.82 Å². The van der Waals surface area contributed by atoms with Crippen molar-refractivity contribution in [2.24, 2.45) is 0 Å². The van der Waals surface area contributed by atoms with Gasteiger partial charge in [-0.15, -0.1) is 0 Å². The van der Waals surface area contributed by atoms with Crippen molar-refractivity contribution in [3.05, 3.63) is 60.2 Å². The predicted octanol–water partition coefficient (Wildman–Crippen LogP) is 1.52. The maximum absolute atomic E-state index is 11.9. The molecule has 3 aromatic heterocycles. The number of imidazole rings is 1. The van der Waals surface area contributed by atoms with Crippen LogP contribution in [-0.4, -0.2) is 43.5 Å². The molecule has 3 heterocycles. The number of nitrogens with one attached hydrogen (secondary N) is 2. The normalized spacial score (nSPS) is 10.5. The molecule has 3 rings (SSSR count). The first-order chi connectivity index (χ1) is 12.1. The van der Waals surface area contributed by atoms with Crippen molar-refractivity contribution in [3.8, 4) is 5.82 Å². The molecule has 8 nitrogen and oxygen atoms in total. The molecule has 128 valence electrons. The lowest BCUT2D eigenvalue weighted by molar-refractivity contribution is 0.0955. The van der Waals surface area contributed by atoms with Crippen LogP contribution in [0.5, 0.6) is 0 Å². The minimum Gasteiger partial charge on any atom is -0.368 e. The Labute approximate surface area is 145 Å². The lowest BCUT2D eigenvalue weighted by Crippen LogP contribution is -2.29. The van der Waals surface area contributed by atoms with Gasteiger partial charge in [-0.3, -0.25) is 14.3 Å². The molecule has 0 radical (unpaired) electrons. The SMILES string of the molecule is Cc1nc(NCCNC(=O)c2cccnc2)cc(-n2ccnc2C)n1. The Morgan fingerprint density at radius 3 is 2.80 bits per heavy atom. The molecule has 0 saturated carbocycles. The largest absolute Gasteiger partial charge is 0.368 e. The average Bonchev–Trinajstić information content (AvgIpc) is 3.05. The number of carbonyl (C=O) groups excluding carboxylic acids is 1. The summed E-state index contributed by atoms with van der Waals surface area (Å²) in [6, 6.07) is 5.31. The molecule has 25 heavy (non-hydrogen) atoms. The van der Waals surface area contributed by atoms with Gasteiger partial charge >= 0.3 is 0 Å². The average molecular weight is 337 g/mol. The number of pyridine rings is 1. The number of hydrogen-bond donors (Lipinski definition) is 2. The van der Waals surface area contributed by atoms with Gasteiger partial charge in [-0.2, -0.15) is 0 Å². The topological polar surface area (TPSA) is 97.6 Å². The summed E-state index contributed by atoms with van der Waals surface area (Å²) in [5.74, 6) is 2.82. The summed E-state index contributed by atoms with van der Waals surface area (Å²) in [6.45, 7) is 4.77. The lowest BCUT2D eigenvalue weighted by Gasteiger charge is -2.10. The zero-order chi connectivity index (χ0) is 17.6. The summed E-state index contributed by atoms with van der Waals surface area (Å²) < 4.78 is 1.89. The first-order valence-corrected chi connectivity index (χ1v) is 7.91. The Balaban J connectivity index is 1.58. The van der Waals surface area contributed by atoms with E-state index in [4.69, 9.17) is 0 Å². The highest BCUT2D eigenvalue weighted by Gasteiger charge is 2.07. The number of carbonyl (C=O) groups is 1. The summed E-state index contributed by atoms with van der Waals surface area (Å²) in [5.41, 5.74) is 0.540. The number of nitrogens with zero attached hydrogens (tertiary/aromatic N) is 5. The third-order valence-electron chi connectivity index (χ3n) is 3.54. The van der Waals surface area contributed by atoms with Gasteiger partial charge in [-0.25, -0.2) is 15.0 Å². The second-order valence-electron chi connectivity index (χ2n) is 5.43. The van der Waals surface area contributed by atoms with E-state index in [2.05, 4.69) is 30.6 Å². The molecular weight excluding hydrogens is 318 g/mol. The van der Waals surface area contributed by atoms with Crippen LogP contribution in [0.15, 0.2) is 43.0 Å². The van der Waals surface area contributed by atoms with E-state index in [0.717, 1.165) is 11.6 Å². The monoisotopic (exact) mass is 337 g/mol. The molecule has 0 aliphatic rings. The molecule has 2 N–H and O–H groups in total. The number of hydrogen-bond acceptors (Lipinski definition) is 6. The van der Waals surface area contributed by atoms with Gasteiger partial charge in [-0.1, -0.05) is 0 Å². The summed E-state index contributed by atoms with van der Waals surface area (Å²) in [4.78, 5) is 28.9. The fourth-order valence-electron chi connectivity index (χ4n) is 2.35. The van der Waals surface area contributed by atoms with Crippen molar-refractivity contribution >= 4 is 11.7 Å². The van der Waals surface area contributed by atoms with Crippen molar-refractivity contribution < 1.29 is 4.79 Å². The predicted molar refractivity (Wildman–Crippen MR) is 93.7 cm³/mol. The molecule has 0 fully saturated rings. The van der Waals surface area contributed by atoms with E-state index in [9.17, 15) is 4.79 Å². The van der Waals surface area contributed by atoms with Crippen molar-refractivity contribution in [1.29, 1.82) is 0 Å². The van der Waals surface area contributed by atoms with Gasteiger partial charge in [0.2, 0.25) is 0 Å². The third-order valence-corrected chi connectivity index (χ3v) is 3.54. The maximum Gasteiger partial charge on any atom is 0.252 e. The van der Waals surface area contributed by atoms with Gasteiger partial charge in [-0.05, 0) is 26.0 Å². The molecule has 0 spiro atoms. The van der Waals surface area contributed by atoms with Crippen LogP contribution >= 0.6 is 0 Å². The van der Waals surface area contributed by atoms with Gasteiger partial charge in [0, 0.05) is 43.9 Å². The second-order valence-corrected chi connectivity index (χ2v) is 5.43. The number of aromatic nitrogens is 5. The lowest BCUT2D eigenvalue weighted by atomic mass is 10.3. The zero-order valence-corrected chi connectivity index (χ0v) is 14.1. The third kappa shape index (κ3) is 4.17. The summed E-state index contributed by atoms with van der Waals surface area (Å²) in [5, 5.41) is 6.03. The molecule has 0 unspecified atom stereocenters. The number of aryl methyl sites for hydroxylation is 2. The maximum atomic E-state index is 11.9. The first-order valence-electron chi connectivity index (χ1n) is 7.91.